The summed E-state index contributed by atoms with van der Waals surface area (Å²) in [5.74, 6) is 0.519. The van der Waals surface area contributed by atoms with E-state index < -0.39 is 7.82 Å². The minimum Gasteiger partial charge on any atom is -0.508 e. The summed E-state index contributed by atoms with van der Waals surface area (Å²) in [5.41, 5.74) is 0. The summed E-state index contributed by atoms with van der Waals surface area (Å²) in [7, 11) is -4.39. The van der Waals surface area contributed by atoms with Gasteiger partial charge in [0.05, 0.1) is 0 Å². The van der Waals surface area contributed by atoms with Crippen LogP contribution in [0, 0.1) is 0 Å². The van der Waals surface area contributed by atoms with Gasteiger partial charge in [-0.15, -0.1) is 0 Å². The van der Waals surface area contributed by atoms with Gasteiger partial charge < -0.3 is 24.9 Å². The Labute approximate surface area is 155 Å². The number of hydrogen-bond donors (Lipinski definition) is 6. The van der Waals surface area contributed by atoms with Crippen molar-refractivity contribution in [1.82, 2.24) is 0 Å². The van der Waals surface area contributed by atoms with Gasteiger partial charge in [-0.3, -0.25) is 9.79 Å². The Bertz CT molecular complexity index is 786. The predicted octanol–water partition coefficient (Wildman–Crippen LogP) is 3.35. The summed E-state index contributed by atoms with van der Waals surface area (Å²) in [6, 6.07) is 19.6. The first kappa shape index (κ1) is 21.9. The first-order valence-corrected chi connectivity index (χ1v) is 8.95. The zero-order valence-corrected chi connectivity index (χ0v) is 14.8. The molecule has 0 aromatic heterocycles. The molecule has 9 heteroatoms. The molecule has 0 aliphatic rings. The van der Waals surface area contributed by atoms with Gasteiger partial charge in [-0.05, 0) is 36.4 Å². The lowest BCUT2D eigenvalue weighted by molar-refractivity contribution is 0.283. The van der Waals surface area contributed by atoms with Crippen molar-refractivity contribution in [2.45, 2.75) is 0 Å². The fourth-order valence-electron chi connectivity index (χ4n) is 1.60. The fraction of sp³-hybridized carbons (Fsp3) is 0. The second kappa shape index (κ2) is 10.7. The van der Waals surface area contributed by atoms with Gasteiger partial charge in [0.15, 0.2) is 0 Å². The van der Waals surface area contributed by atoms with Crippen LogP contribution in [0.2, 0.25) is 0 Å². The first-order valence-electron chi connectivity index (χ1n) is 7.42. The molecule has 8 nitrogen and oxygen atoms in total. The Balaban J connectivity index is 0.000000206. The van der Waals surface area contributed by atoms with Gasteiger partial charge in [-0.1, -0.05) is 30.3 Å². The van der Waals surface area contributed by atoms with Crippen molar-refractivity contribution < 1.29 is 39.3 Å². The monoisotopic (exact) mass is 394 g/mol. The van der Waals surface area contributed by atoms with Crippen LogP contribution < -0.4 is 4.52 Å². The quantitative estimate of drug-likeness (QED) is 0.363. The van der Waals surface area contributed by atoms with Crippen molar-refractivity contribution in [3.8, 4) is 28.7 Å². The third kappa shape index (κ3) is 11.1. The van der Waals surface area contributed by atoms with Crippen LogP contribution in [-0.4, -0.2) is 30.2 Å². The molecule has 3 aromatic carbocycles. The number of phenols is 4. The zero-order valence-electron chi connectivity index (χ0n) is 14.0. The van der Waals surface area contributed by atoms with Gasteiger partial charge in [-0.2, -0.15) is 0 Å². The maximum absolute atomic E-state index is 10.3. The minimum absolute atomic E-state index is 0.0880. The maximum Gasteiger partial charge on any atom is 0.524 e. The van der Waals surface area contributed by atoms with Crippen LogP contribution in [0.5, 0.6) is 28.7 Å². The maximum atomic E-state index is 10.3. The Hall–Kier alpha value is -3.19. The highest BCUT2D eigenvalue weighted by molar-refractivity contribution is 7.46. The molecule has 0 radical (unpaired) electrons. The van der Waals surface area contributed by atoms with E-state index in [9.17, 15) is 4.57 Å². The lowest BCUT2D eigenvalue weighted by Crippen LogP contribution is -1.88. The summed E-state index contributed by atoms with van der Waals surface area (Å²) < 4.78 is 14.5. The van der Waals surface area contributed by atoms with E-state index >= 15 is 0 Å². The molecule has 0 amide bonds. The van der Waals surface area contributed by atoms with Crippen LogP contribution in [0.1, 0.15) is 0 Å². The first-order chi connectivity index (χ1) is 12.7. The van der Waals surface area contributed by atoms with Gasteiger partial charge in [0.1, 0.15) is 28.7 Å². The van der Waals surface area contributed by atoms with Crippen LogP contribution in [0.15, 0.2) is 78.9 Å². The zero-order chi connectivity index (χ0) is 20.3. The second-order valence-corrected chi connectivity index (χ2v) is 6.10. The fourth-order valence-corrected chi connectivity index (χ4v) is 2.00. The molecule has 3 aromatic rings. The smallest absolute Gasteiger partial charge is 0.508 e. The summed E-state index contributed by atoms with van der Waals surface area (Å²) in [5, 5.41) is 34.6. The van der Waals surface area contributed by atoms with Crippen LogP contribution >= 0.6 is 7.82 Å². The van der Waals surface area contributed by atoms with Crippen molar-refractivity contribution in [2.24, 2.45) is 0 Å². The van der Waals surface area contributed by atoms with Crippen molar-refractivity contribution >= 4 is 7.82 Å². The summed E-state index contributed by atoms with van der Waals surface area (Å²) in [6.07, 6.45) is 0. The van der Waals surface area contributed by atoms with Crippen molar-refractivity contribution in [3.63, 3.8) is 0 Å². The molecule has 0 spiro atoms. The molecular weight excluding hydrogens is 375 g/mol. The van der Waals surface area contributed by atoms with E-state index in [0.717, 1.165) is 0 Å². The molecule has 0 saturated carbocycles. The van der Waals surface area contributed by atoms with Gasteiger partial charge in [0.2, 0.25) is 0 Å². The highest BCUT2D eigenvalue weighted by Crippen LogP contribution is 2.36. The molecule has 0 unspecified atom stereocenters. The highest BCUT2D eigenvalue weighted by atomic mass is 31.2. The van der Waals surface area contributed by atoms with Gasteiger partial charge in [0.25, 0.3) is 0 Å². The van der Waals surface area contributed by atoms with Crippen molar-refractivity contribution in [3.05, 3.63) is 78.9 Å². The number of aromatic hydroxyl groups is 4. The molecule has 0 bridgehead atoms. The summed E-state index contributed by atoms with van der Waals surface area (Å²) in [4.78, 5) is 16.7. The number of hydrogen-bond acceptors (Lipinski definition) is 6. The van der Waals surface area contributed by atoms with E-state index in [1.165, 1.54) is 48.5 Å². The Kier molecular flexibility index (Phi) is 8.68. The van der Waals surface area contributed by atoms with Crippen molar-refractivity contribution in [1.29, 1.82) is 0 Å². The molecule has 0 saturated heterocycles. The summed E-state index contributed by atoms with van der Waals surface area (Å²) in [6.45, 7) is 0. The molecule has 27 heavy (non-hydrogen) atoms. The number of phosphoric ester groups is 1. The molecule has 0 fully saturated rings. The van der Waals surface area contributed by atoms with E-state index in [0.29, 0.717) is 0 Å². The number of phenolic OH excluding ortho intramolecular Hbond substituents is 4. The van der Waals surface area contributed by atoms with Gasteiger partial charge in [0, 0.05) is 12.1 Å². The van der Waals surface area contributed by atoms with Crippen LogP contribution in [0.25, 0.3) is 0 Å². The topological polar surface area (TPSA) is 148 Å². The minimum atomic E-state index is -4.39. The lowest BCUT2D eigenvalue weighted by Gasteiger charge is -2.04. The van der Waals surface area contributed by atoms with Crippen LogP contribution in [0.3, 0.4) is 0 Å². The standard InChI is InChI=1S/C6H7O4P.2C6H6O2/c7-11(8,9)10-6-4-2-1-3-5-6;2*7-5-2-1-3-6(8)4-5/h1-5H,(H2,7,8,9);2*1-4,7-8H. The van der Waals surface area contributed by atoms with E-state index in [2.05, 4.69) is 4.52 Å². The third-order valence-electron chi connectivity index (χ3n) is 2.63. The molecule has 6 N–H and O–H groups in total. The molecule has 0 heterocycles. The lowest BCUT2D eigenvalue weighted by atomic mass is 10.3. The molecular formula is C18H19O8P. The number of para-hydroxylation sites is 1. The number of benzene rings is 3. The van der Waals surface area contributed by atoms with E-state index in [1.807, 2.05) is 0 Å². The Morgan fingerprint density at radius 2 is 0.963 bits per heavy atom. The third-order valence-corrected chi connectivity index (χ3v) is 3.08. The Morgan fingerprint density at radius 1 is 0.593 bits per heavy atom. The molecule has 144 valence electrons. The molecule has 0 aliphatic carbocycles. The average Bonchev–Trinajstić information content (AvgIpc) is 2.55. The molecule has 0 atom stereocenters. The molecule has 3 rings (SSSR count). The SMILES string of the molecule is O=P(O)(O)Oc1ccccc1.Oc1cccc(O)c1.Oc1cccc(O)c1. The second-order valence-electron chi connectivity index (χ2n) is 4.93. The summed E-state index contributed by atoms with van der Waals surface area (Å²) >= 11 is 0. The largest absolute Gasteiger partial charge is 0.524 e. The normalized spacial score (nSPS) is 9.85. The van der Waals surface area contributed by atoms with Gasteiger partial charge >= 0.3 is 7.82 Å². The van der Waals surface area contributed by atoms with E-state index in [1.54, 1.807) is 30.3 Å². The van der Waals surface area contributed by atoms with Gasteiger partial charge in [-0.25, -0.2) is 4.57 Å². The van der Waals surface area contributed by atoms with E-state index in [4.69, 9.17) is 30.2 Å². The highest BCUT2D eigenvalue weighted by Gasteiger charge is 2.14. The van der Waals surface area contributed by atoms with E-state index in [-0.39, 0.29) is 28.7 Å². The number of rotatable bonds is 2. The Morgan fingerprint density at radius 3 is 1.22 bits per heavy atom. The predicted molar refractivity (Wildman–Crippen MR) is 98.7 cm³/mol. The number of phosphoric acid groups is 1. The average molecular weight is 394 g/mol. The van der Waals surface area contributed by atoms with Crippen molar-refractivity contribution in [2.75, 3.05) is 0 Å². The molecule has 0 aliphatic heterocycles. The van der Waals surface area contributed by atoms with Crippen LogP contribution in [-0.2, 0) is 4.57 Å². The van der Waals surface area contributed by atoms with Crippen LogP contribution in [0.4, 0.5) is 0 Å².